The molecule has 0 saturated carbocycles. The Labute approximate surface area is 136 Å². The molecule has 2 rings (SSSR count). The lowest BCUT2D eigenvalue weighted by atomic mass is 10.0. The molecule has 0 aliphatic carbocycles. The van der Waals surface area contributed by atoms with Gasteiger partial charge in [-0.2, -0.15) is 0 Å². The number of benzene rings is 1. The van der Waals surface area contributed by atoms with Crippen LogP contribution >= 0.6 is 11.3 Å². The van der Waals surface area contributed by atoms with E-state index in [0.717, 1.165) is 0 Å². The average Bonchev–Trinajstić information content (AvgIpc) is 2.87. The van der Waals surface area contributed by atoms with Crippen LogP contribution in [0.2, 0.25) is 0 Å². The van der Waals surface area contributed by atoms with E-state index in [0.29, 0.717) is 15.2 Å². The van der Waals surface area contributed by atoms with Crippen LogP contribution in [0.5, 0.6) is 0 Å². The van der Waals surface area contributed by atoms with Crippen LogP contribution in [0.25, 0.3) is 10.2 Å². The summed E-state index contributed by atoms with van der Waals surface area (Å²) in [6.07, 6.45) is -1.25. The number of carbonyl (C=O) groups excluding carboxylic acids is 1. The minimum Gasteiger partial charge on any atom is -0.465 e. The van der Waals surface area contributed by atoms with E-state index in [9.17, 15) is 14.0 Å². The SMILES string of the molecule is CC(C)[C@H](NC(=O)O)C(=O)N[C@H](C)c1nc2ccc(F)cc2s1. The fraction of sp³-hybridized carbons (Fsp3) is 0.400. The van der Waals surface area contributed by atoms with Crippen LogP contribution in [0, 0.1) is 11.7 Å². The molecule has 1 aromatic carbocycles. The van der Waals surface area contributed by atoms with E-state index in [1.807, 2.05) is 0 Å². The van der Waals surface area contributed by atoms with E-state index in [2.05, 4.69) is 15.6 Å². The van der Waals surface area contributed by atoms with Gasteiger partial charge in [-0.3, -0.25) is 4.79 Å². The summed E-state index contributed by atoms with van der Waals surface area (Å²) in [4.78, 5) is 27.4. The second kappa shape index (κ2) is 6.91. The normalized spacial score (nSPS) is 13.8. The Kier molecular flexibility index (Phi) is 5.15. The van der Waals surface area contributed by atoms with Gasteiger partial charge in [-0.25, -0.2) is 14.2 Å². The Bertz CT molecular complexity index is 732. The van der Waals surface area contributed by atoms with Crippen LogP contribution in [0.3, 0.4) is 0 Å². The van der Waals surface area contributed by atoms with Gasteiger partial charge in [0, 0.05) is 0 Å². The zero-order valence-corrected chi connectivity index (χ0v) is 13.8. The molecule has 2 aromatic rings. The summed E-state index contributed by atoms with van der Waals surface area (Å²) in [5, 5.41) is 14.4. The molecular weight excluding hydrogens is 321 g/mol. The topological polar surface area (TPSA) is 91.3 Å². The number of hydrogen-bond acceptors (Lipinski definition) is 4. The molecule has 1 heterocycles. The highest BCUT2D eigenvalue weighted by atomic mass is 32.1. The number of nitrogens with one attached hydrogen (secondary N) is 2. The predicted molar refractivity (Wildman–Crippen MR) is 85.9 cm³/mol. The molecular formula is C15H18FN3O3S. The first-order chi connectivity index (χ1) is 10.8. The van der Waals surface area contributed by atoms with Crippen LogP contribution in [0.4, 0.5) is 9.18 Å². The number of carboxylic acid groups (broad SMARTS) is 1. The smallest absolute Gasteiger partial charge is 0.405 e. The summed E-state index contributed by atoms with van der Waals surface area (Å²) < 4.78 is 13.9. The first-order valence-electron chi connectivity index (χ1n) is 7.13. The van der Waals surface area contributed by atoms with Crippen LogP contribution in [0.1, 0.15) is 31.8 Å². The number of hydrogen-bond donors (Lipinski definition) is 3. The Morgan fingerprint density at radius 3 is 2.57 bits per heavy atom. The minimum atomic E-state index is -1.25. The zero-order chi connectivity index (χ0) is 17.1. The first kappa shape index (κ1) is 17.1. The van der Waals surface area contributed by atoms with Crippen molar-refractivity contribution in [3.05, 3.63) is 29.0 Å². The predicted octanol–water partition coefficient (Wildman–Crippen LogP) is 2.90. The van der Waals surface area contributed by atoms with Gasteiger partial charge in [0.1, 0.15) is 16.9 Å². The Hall–Kier alpha value is -2.22. The van der Waals surface area contributed by atoms with Crippen molar-refractivity contribution in [2.45, 2.75) is 32.9 Å². The van der Waals surface area contributed by atoms with Crippen molar-refractivity contribution in [3.8, 4) is 0 Å². The molecule has 2 amide bonds. The lowest BCUT2D eigenvalue weighted by molar-refractivity contribution is -0.124. The van der Waals surface area contributed by atoms with Gasteiger partial charge in [-0.1, -0.05) is 13.8 Å². The number of aromatic nitrogens is 1. The lowest BCUT2D eigenvalue weighted by Gasteiger charge is -2.22. The van der Waals surface area contributed by atoms with Gasteiger partial charge in [-0.15, -0.1) is 11.3 Å². The van der Waals surface area contributed by atoms with Crippen molar-refractivity contribution in [3.63, 3.8) is 0 Å². The maximum Gasteiger partial charge on any atom is 0.405 e. The molecule has 6 nitrogen and oxygen atoms in total. The van der Waals surface area contributed by atoms with Crippen molar-refractivity contribution in [2.24, 2.45) is 5.92 Å². The Morgan fingerprint density at radius 2 is 1.96 bits per heavy atom. The molecule has 1 aromatic heterocycles. The molecule has 0 saturated heterocycles. The van der Waals surface area contributed by atoms with Crippen LogP contribution in [-0.4, -0.2) is 28.1 Å². The Balaban J connectivity index is 2.13. The second-order valence-corrected chi connectivity index (χ2v) is 6.63. The number of thiazole rings is 1. The molecule has 0 aliphatic heterocycles. The van der Waals surface area contributed by atoms with Gasteiger partial charge >= 0.3 is 6.09 Å². The largest absolute Gasteiger partial charge is 0.465 e. The number of fused-ring (bicyclic) bond motifs is 1. The van der Waals surface area contributed by atoms with Gasteiger partial charge in [0.15, 0.2) is 0 Å². The summed E-state index contributed by atoms with van der Waals surface area (Å²) in [6.45, 7) is 5.26. The van der Waals surface area contributed by atoms with Crippen LogP contribution < -0.4 is 10.6 Å². The fourth-order valence-corrected chi connectivity index (χ4v) is 3.13. The summed E-state index contributed by atoms with van der Waals surface area (Å²) >= 11 is 1.29. The summed E-state index contributed by atoms with van der Waals surface area (Å²) in [6, 6.07) is 3.07. The molecule has 2 atom stereocenters. The van der Waals surface area contributed by atoms with Crippen molar-refractivity contribution < 1.29 is 19.1 Å². The molecule has 0 aliphatic rings. The summed E-state index contributed by atoms with van der Waals surface area (Å²) in [5.41, 5.74) is 0.663. The number of carbonyl (C=O) groups is 2. The van der Waals surface area contributed by atoms with Crippen molar-refractivity contribution >= 4 is 33.6 Å². The highest BCUT2D eigenvalue weighted by molar-refractivity contribution is 7.18. The summed E-state index contributed by atoms with van der Waals surface area (Å²) in [7, 11) is 0. The Morgan fingerprint density at radius 1 is 1.26 bits per heavy atom. The van der Waals surface area contributed by atoms with Gasteiger partial charge in [-0.05, 0) is 31.0 Å². The van der Waals surface area contributed by atoms with E-state index >= 15 is 0 Å². The highest BCUT2D eigenvalue weighted by Crippen LogP contribution is 2.27. The molecule has 0 radical (unpaired) electrons. The molecule has 0 unspecified atom stereocenters. The van der Waals surface area contributed by atoms with Gasteiger partial charge in [0.2, 0.25) is 5.91 Å². The van der Waals surface area contributed by atoms with Crippen molar-refractivity contribution in [1.82, 2.24) is 15.6 Å². The third kappa shape index (κ3) is 4.16. The standard InChI is InChI=1S/C15H18FN3O3S/c1-7(2)12(19-15(21)22)13(20)17-8(3)14-18-10-5-4-9(16)6-11(10)23-14/h4-8,12,19H,1-3H3,(H,17,20)(H,21,22)/t8-,12+/m1/s1. The second-order valence-electron chi connectivity index (χ2n) is 5.57. The highest BCUT2D eigenvalue weighted by Gasteiger charge is 2.26. The maximum atomic E-state index is 13.2. The van der Waals surface area contributed by atoms with Gasteiger partial charge < -0.3 is 15.7 Å². The van der Waals surface area contributed by atoms with E-state index in [1.165, 1.54) is 23.5 Å². The number of nitrogens with zero attached hydrogens (tertiary/aromatic N) is 1. The van der Waals surface area contributed by atoms with Crippen LogP contribution in [0.15, 0.2) is 18.2 Å². The van der Waals surface area contributed by atoms with Gasteiger partial charge in [0.25, 0.3) is 0 Å². The lowest BCUT2D eigenvalue weighted by Crippen LogP contribution is -2.49. The molecule has 3 N–H and O–H groups in total. The van der Waals surface area contributed by atoms with Crippen molar-refractivity contribution in [2.75, 3.05) is 0 Å². The number of halogens is 1. The number of rotatable bonds is 5. The molecule has 0 spiro atoms. The quantitative estimate of drug-likeness (QED) is 0.781. The van der Waals surface area contributed by atoms with E-state index in [1.54, 1.807) is 26.8 Å². The van der Waals surface area contributed by atoms with E-state index in [4.69, 9.17) is 5.11 Å². The molecule has 0 bridgehead atoms. The molecule has 124 valence electrons. The first-order valence-corrected chi connectivity index (χ1v) is 7.95. The molecule has 8 heteroatoms. The maximum absolute atomic E-state index is 13.2. The monoisotopic (exact) mass is 339 g/mol. The zero-order valence-electron chi connectivity index (χ0n) is 13.0. The van der Waals surface area contributed by atoms with E-state index in [-0.39, 0.29) is 11.7 Å². The minimum absolute atomic E-state index is 0.192. The third-order valence-electron chi connectivity index (χ3n) is 3.32. The fourth-order valence-electron chi connectivity index (χ4n) is 2.13. The van der Waals surface area contributed by atoms with Crippen molar-refractivity contribution in [1.29, 1.82) is 0 Å². The average molecular weight is 339 g/mol. The summed E-state index contributed by atoms with van der Waals surface area (Å²) in [5.74, 6) is -0.946. The number of amides is 2. The van der Waals surface area contributed by atoms with Crippen LogP contribution in [-0.2, 0) is 4.79 Å². The molecule has 23 heavy (non-hydrogen) atoms. The van der Waals surface area contributed by atoms with E-state index < -0.39 is 24.1 Å². The molecule has 0 fully saturated rings. The third-order valence-corrected chi connectivity index (χ3v) is 4.53. The van der Waals surface area contributed by atoms with Gasteiger partial charge in [0.05, 0.1) is 16.3 Å².